The van der Waals surface area contributed by atoms with E-state index in [2.05, 4.69) is 0 Å². The molecule has 1 aromatic rings. The minimum absolute atomic E-state index is 0.567. The first-order chi connectivity index (χ1) is 6.29. The molecule has 3 heteroatoms. The molecule has 0 spiro atoms. The summed E-state index contributed by atoms with van der Waals surface area (Å²) in [6.45, 7) is 0. The second-order valence-electron chi connectivity index (χ2n) is 3.43. The summed E-state index contributed by atoms with van der Waals surface area (Å²) in [5.74, 6) is -0.756. The molecule has 1 N–H and O–H groups in total. The van der Waals surface area contributed by atoms with Crippen LogP contribution in [0.5, 0.6) is 0 Å². The van der Waals surface area contributed by atoms with Crippen LogP contribution in [0, 0.1) is 0 Å². The third-order valence-electron chi connectivity index (χ3n) is 2.55. The van der Waals surface area contributed by atoms with Crippen LogP contribution in [-0.4, -0.2) is 11.1 Å². The molecule has 0 radical (unpaired) electrons. The average molecular weight is 196 g/mol. The normalized spacial score (nSPS) is 16.3. The monoisotopic (exact) mass is 196 g/mol. The number of carboxylic acid groups (broad SMARTS) is 1. The van der Waals surface area contributed by atoms with Crippen molar-refractivity contribution in [2.75, 3.05) is 0 Å². The maximum absolute atomic E-state index is 10.9. The van der Waals surface area contributed by atoms with Gasteiger partial charge in [0, 0.05) is 0 Å². The number of carboxylic acids is 1. The predicted molar refractivity (Wildman–Crippen MR) is 52.5 cm³/mol. The molecule has 0 bridgehead atoms. The number of aromatic carboxylic acids is 1. The molecule has 0 aliphatic heterocycles. The molecule has 1 heterocycles. The number of thiophene rings is 1. The van der Waals surface area contributed by atoms with E-state index in [-0.39, 0.29) is 0 Å². The number of hydrogen-bond donors (Lipinski definition) is 1. The van der Waals surface area contributed by atoms with E-state index in [0.29, 0.717) is 4.88 Å². The Labute approximate surface area is 81.2 Å². The topological polar surface area (TPSA) is 37.3 Å². The molecule has 0 atom stereocenters. The second kappa shape index (κ2) is 3.50. The highest BCUT2D eigenvalue weighted by molar-refractivity contribution is 7.12. The highest BCUT2D eigenvalue weighted by Gasteiger charge is 2.18. The zero-order valence-corrected chi connectivity index (χ0v) is 8.19. The third-order valence-corrected chi connectivity index (χ3v) is 3.61. The van der Waals surface area contributed by atoms with Gasteiger partial charge in [-0.05, 0) is 42.2 Å². The Morgan fingerprint density at radius 3 is 2.85 bits per heavy atom. The van der Waals surface area contributed by atoms with Crippen LogP contribution in [0.4, 0.5) is 0 Å². The fourth-order valence-corrected chi connectivity index (χ4v) is 2.87. The SMILES string of the molecule is O=C(O)c1scc2c1CCCCC2. The number of fused-ring (bicyclic) bond motifs is 1. The summed E-state index contributed by atoms with van der Waals surface area (Å²) in [6.07, 6.45) is 5.62. The van der Waals surface area contributed by atoms with Crippen LogP contribution in [0.2, 0.25) is 0 Å². The highest BCUT2D eigenvalue weighted by atomic mass is 32.1. The summed E-state index contributed by atoms with van der Waals surface area (Å²) in [4.78, 5) is 11.4. The lowest BCUT2D eigenvalue weighted by Gasteiger charge is -1.98. The maximum Gasteiger partial charge on any atom is 0.346 e. The summed E-state index contributed by atoms with van der Waals surface area (Å²) >= 11 is 1.38. The number of rotatable bonds is 1. The molecule has 0 aromatic carbocycles. The molecule has 0 fully saturated rings. The maximum atomic E-state index is 10.9. The fourth-order valence-electron chi connectivity index (χ4n) is 1.88. The van der Waals surface area contributed by atoms with Crippen LogP contribution < -0.4 is 0 Å². The van der Waals surface area contributed by atoms with Crippen LogP contribution in [0.15, 0.2) is 5.38 Å². The first kappa shape index (κ1) is 8.75. The van der Waals surface area contributed by atoms with Gasteiger partial charge in [-0.25, -0.2) is 4.79 Å². The van der Waals surface area contributed by atoms with Crippen molar-refractivity contribution in [1.82, 2.24) is 0 Å². The standard InChI is InChI=1S/C10H12O2S/c11-10(12)9-8-5-3-1-2-4-7(8)6-13-9/h6H,1-5H2,(H,11,12). The van der Waals surface area contributed by atoms with Crippen molar-refractivity contribution >= 4 is 17.3 Å². The molecule has 2 nitrogen and oxygen atoms in total. The van der Waals surface area contributed by atoms with Crippen molar-refractivity contribution in [1.29, 1.82) is 0 Å². The Balaban J connectivity index is 2.39. The second-order valence-corrected chi connectivity index (χ2v) is 4.31. The predicted octanol–water partition coefficient (Wildman–Crippen LogP) is 2.72. The highest BCUT2D eigenvalue weighted by Crippen LogP contribution is 2.28. The molecule has 13 heavy (non-hydrogen) atoms. The molecule has 1 aliphatic rings. The number of aryl methyl sites for hydroxylation is 1. The minimum Gasteiger partial charge on any atom is -0.477 e. The van der Waals surface area contributed by atoms with E-state index in [4.69, 9.17) is 5.11 Å². The van der Waals surface area contributed by atoms with Gasteiger partial charge in [-0.1, -0.05) is 6.42 Å². The zero-order valence-electron chi connectivity index (χ0n) is 7.38. The van der Waals surface area contributed by atoms with E-state index < -0.39 is 5.97 Å². The van der Waals surface area contributed by atoms with Gasteiger partial charge in [-0.2, -0.15) is 0 Å². The summed E-state index contributed by atoms with van der Waals surface area (Å²) in [5.41, 5.74) is 2.38. The van der Waals surface area contributed by atoms with Gasteiger partial charge in [0.1, 0.15) is 4.88 Å². The smallest absolute Gasteiger partial charge is 0.346 e. The first-order valence-corrected chi connectivity index (χ1v) is 5.49. The van der Waals surface area contributed by atoms with Crippen molar-refractivity contribution in [3.05, 3.63) is 21.4 Å². The molecule has 0 amide bonds. The van der Waals surface area contributed by atoms with Gasteiger partial charge in [0.05, 0.1) is 0 Å². The molecule has 0 saturated heterocycles. The zero-order chi connectivity index (χ0) is 9.26. The summed E-state index contributed by atoms with van der Waals surface area (Å²) in [7, 11) is 0. The average Bonchev–Trinajstić information content (AvgIpc) is 2.36. The molecule has 70 valence electrons. The summed E-state index contributed by atoms with van der Waals surface area (Å²) < 4.78 is 0. The van der Waals surface area contributed by atoms with E-state index >= 15 is 0 Å². The van der Waals surface area contributed by atoms with E-state index in [1.165, 1.54) is 29.7 Å². The molecular weight excluding hydrogens is 184 g/mol. The third kappa shape index (κ3) is 1.61. The Morgan fingerprint density at radius 2 is 2.08 bits per heavy atom. The van der Waals surface area contributed by atoms with Gasteiger partial charge in [0.2, 0.25) is 0 Å². The summed E-state index contributed by atoms with van der Waals surface area (Å²) in [6, 6.07) is 0. The van der Waals surface area contributed by atoms with Gasteiger partial charge < -0.3 is 5.11 Å². The van der Waals surface area contributed by atoms with Crippen molar-refractivity contribution in [2.45, 2.75) is 32.1 Å². The molecule has 2 rings (SSSR count). The van der Waals surface area contributed by atoms with Gasteiger partial charge in [-0.15, -0.1) is 11.3 Å². The Morgan fingerprint density at radius 1 is 1.31 bits per heavy atom. The number of carbonyl (C=O) groups is 1. The lowest BCUT2D eigenvalue weighted by Crippen LogP contribution is -1.98. The minimum atomic E-state index is -0.756. The first-order valence-electron chi connectivity index (χ1n) is 4.61. The Hall–Kier alpha value is -0.830. The van der Waals surface area contributed by atoms with Gasteiger partial charge >= 0.3 is 5.97 Å². The van der Waals surface area contributed by atoms with Crippen molar-refractivity contribution < 1.29 is 9.90 Å². The Kier molecular flexibility index (Phi) is 2.36. The van der Waals surface area contributed by atoms with Crippen LogP contribution in [0.1, 0.15) is 40.1 Å². The van der Waals surface area contributed by atoms with Gasteiger partial charge in [0.15, 0.2) is 0 Å². The Bertz CT molecular complexity index is 328. The number of hydrogen-bond acceptors (Lipinski definition) is 2. The molecule has 1 aliphatic carbocycles. The van der Waals surface area contributed by atoms with Crippen LogP contribution in [0.3, 0.4) is 0 Å². The quantitative estimate of drug-likeness (QED) is 0.701. The van der Waals surface area contributed by atoms with Crippen molar-refractivity contribution in [2.24, 2.45) is 0 Å². The molecule has 0 unspecified atom stereocenters. The largest absolute Gasteiger partial charge is 0.477 e. The van der Waals surface area contributed by atoms with Crippen LogP contribution in [-0.2, 0) is 12.8 Å². The molecule has 1 aromatic heterocycles. The summed E-state index contributed by atoms with van der Waals surface area (Å²) in [5, 5.41) is 10.9. The lowest BCUT2D eigenvalue weighted by molar-refractivity contribution is 0.0701. The van der Waals surface area contributed by atoms with Gasteiger partial charge in [-0.3, -0.25) is 0 Å². The van der Waals surface area contributed by atoms with Crippen molar-refractivity contribution in [3.63, 3.8) is 0 Å². The molecular formula is C10H12O2S. The van der Waals surface area contributed by atoms with Gasteiger partial charge in [0.25, 0.3) is 0 Å². The van der Waals surface area contributed by atoms with Crippen LogP contribution >= 0.6 is 11.3 Å². The van der Waals surface area contributed by atoms with E-state index in [1.54, 1.807) is 0 Å². The van der Waals surface area contributed by atoms with Crippen molar-refractivity contribution in [3.8, 4) is 0 Å². The molecule has 0 saturated carbocycles. The van der Waals surface area contributed by atoms with E-state index in [0.717, 1.165) is 24.8 Å². The fraction of sp³-hybridized carbons (Fsp3) is 0.500. The lowest BCUT2D eigenvalue weighted by atomic mass is 10.1. The van der Waals surface area contributed by atoms with Crippen LogP contribution in [0.25, 0.3) is 0 Å². The van der Waals surface area contributed by atoms with E-state index in [1.807, 2.05) is 5.38 Å². The van der Waals surface area contributed by atoms with E-state index in [9.17, 15) is 4.79 Å².